The summed E-state index contributed by atoms with van der Waals surface area (Å²) in [5.41, 5.74) is 2.96. The lowest BCUT2D eigenvalue weighted by atomic mass is 10.1. The first-order valence-electron chi connectivity index (χ1n) is 6.85. The molecule has 4 heteroatoms. The molecule has 1 unspecified atom stereocenters. The number of para-hydroxylation sites is 1. The zero-order chi connectivity index (χ0) is 15.4. The smallest absolute Gasteiger partial charge is 0.255 e. The van der Waals surface area contributed by atoms with E-state index in [9.17, 15) is 9.90 Å². The Morgan fingerprint density at radius 1 is 1.10 bits per heavy atom. The molecule has 0 radical (unpaired) electrons. The van der Waals surface area contributed by atoms with Crippen molar-refractivity contribution in [1.29, 1.82) is 0 Å². The molecule has 0 bridgehead atoms. The lowest BCUT2D eigenvalue weighted by Crippen LogP contribution is -2.14. The van der Waals surface area contributed by atoms with Crippen molar-refractivity contribution in [3.05, 3.63) is 59.7 Å². The Balaban J connectivity index is 2.18. The Hall–Kier alpha value is -2.33. The molecule has 0 aromatic heterocycles. The second kappa shape index (κ2) is 6.41. The molecule has 0 saturated carbocycles. The average Bonchev–Trinajstić information content (AvgIpc) is 2.47. The molecule has 1 atom stereocenters. The summed E-state index contributed by atoms with van der Waals surface area (Å²) in [5, 5.41) is 12.6. The van der Waals surface area contributed by atoms with E-state index in [0.717, 1.165) is 5.69 Å². The number of amides is 1. The summed E-state index contributed by atoms with van der Waals surface area (Å²) >= 11 is 0. The molecule has 1 amide bonds. The molecule has 2 aromatic carbocycles. The Labute approximate surface area is 125 Å². The molecule has 0 fully saturated rings. The third-order valence-electron chi connectivity index (χ3n) is 3.30. The van der Waals surface area contributed by atoms with Gasteiger partial charge >= 0.3 is 0 Å². The van der Waals surface area contributed by atoms with Crippen LogP contribution in [0, 0.1) is 0 Å². The van der Waals surface area contributed by atoms with Crippen molar-refractivity contribution >= 4 is 17.3 Å². The molecule has 2 N–H and O–H groups in total. The van der Waals surface area contributed by atoms with Gasteiger partial charge in [0.15, 0.2) is 0 Å². The quantitative estimate of drug-likeness (QED) is 0.907. The maximum Gasteiger partial charge on any atom is 0.255 e. The fraction of sp³-hybridized carbons (Fsp3) is 0.235. The van der Waals surface area contributed by atoms with Gasteiger partial charge in [-0.1, -0.05) is 18.2 Å². The number of nitrogens with one attached hydrogen (secondary N) is 1. The van der Waals surface area contributed by atoms with Crippen molar-refractivity contribution in [3.63, 3.8) is 0 Å². The molecule has 2 aromatic rings. The molecule has 0 aliphatic rings. The molecule has 0 spiro atoms. The summed E-state index contributed by atoms with van der Waals surface area (Å²) in [6, 6.07) is 14.6. The van der Waals surface area contributed by atoms with Crippen molar-refractivity contribution in [2.24, 2.45) is 0 Å². The monoisotopic (exact) mass is 284 g/mol. The highest BCUT2D eigenvalue weighted by Gasteiger charge is 2.11. The van der Waals surface area contributed by atoms with Crippen LogP contribution in [0.15, 0.2) is 48.5 Å². The maximum atomic E-state index is 12.3. The minimum Gasteiger partial charge on any atom is -0.389 e. The summed E-state index contributed by atoms with van der Waals surface area (Å²) < 4.78 is 0. The van der Waals surface area contributed by atoms with E-state index in [1.165, 1.54) is 0 Å². The third kappa shape index (κ3) is 3.61. The largest absolute Gasteiger partial charge is 0.389 e. The van der Waals surface area contributed by atoms with Crippen LogP contribution in [0.4, 0.5) is 11.4 Å². The van der Waals surface area contributed by atoms with Crippen LogP contribution in [-0.2, 0) is 0 Å². The second-order valence-electron chi connectivity index (χ2n) is 5.16. The second-order valence-corrected chi connectivity index (χ2v) is 5.16. The highest BCUT2D eigenvalue weighted by Crippen LogP contribution is 2.23. The third-order valence-corrected chi connectivity index (χ3v) is 3.30. The molecule has 110 valence electrons. The number of hydrogen-bond donors (Lipinski definition) is 2. The van der Waals surface area contributed by atoms with E-state index >= 15 is 0 Å². The van der Waals surface area contributed by atoms with Crippen LogP contribution in [0.2, 0.25) is 0 Å². The van der Waals surface area contributed by atoms with E-state index in [1.807, 2.05) is 43.3 Å². The van der Waals surface area contributed by atoms with Gasteiger partial charge in [0.2, 0.25) is 0 Å². The summed E-state index contributed by atoms with van der Waals surface area (Å²) in [6.45, 7) is 1.68. The van der Waals surface area contributed by atoms with Crippen LogP contribution in [0.3, 0.4) is 0 Å². The number of benzene rings is 2. The van der Waals surface area contributed by atoms with E-state index < -0.39 is 6.10 Å². The predicted molar refractivity (Wildman–Crippen MR) is 85.8 cm³/mol. The SMILES string of the molecule is CC(O)c1ccccc1NC(=O)c1ccc(N(C)C)cc1. The Morgan fingerprint density at radius 2 is 1.71 bits per heavy atom. The van der Waals surface area contributed by atoms with E-state index in [4.69, 9.17) is 0 Å². The van der Waals surface area contributed by atoms with Crippen molar-refractivity contribution in [2.75, 3.05) is 24.3 Å². The van der Waals surface area contributed by atoms with Gasteiger partial charge in [-0.05, 0) is 37.3 Å². The highest BCUT2D eigenvalue weighted by atomic mass is 16.3. The highest BCUT2D eigenvalue weighted by molar-refractivity contribution is 6.04. The number of nitrogens with zero attached hydrogens (tertiary/aromatic N) is 1. The van der Waals surface area contributed by atoms with E-state index in [-0.39, 0.29) is 5.91 Å². The topological polar surface area (TPSA) is 52.6 Å². The number of carbonyl (C=O) groups is 1. The summed E-state index contributed by atoms with van der Waals surface area (Å²) in [5.74, 6) is -0.187. The molecular formula is C17H20N2O2. The number of carbonyl (C=O) groups excluding carboxylic acids is 1. The lowest BCUT2D eigenvalue weighted by Gasteiger charge is -2.14. The molecule has 2 rings (SSSR count). The van der Waals surface area contributed by atoms with E-state index in [0.29, 0.717) is 16.8 Å². The van der Waals surface area contributed by atoms with Crippen LogP contribution in [0.1, 0.15) is 28.9 Å². The zero-order valence-electron chi connectivity index (χ0n) is 12.5. The van der Waals surface area contributed by atoms with Gasteiger partial charge in [-0.15, -0.1) is 0 Å². The van der Waals surface area contributed by atoms with Crippen LogP contribution in [0.25, 0.3) is 0 Å². The predicted octanol–water partition coefficient (Wildman–Crippen LogP) is 3.06. The van der Waals surface area contributed by atoms with Gasteiger partial charge < -0.3 is 15.3 Å². The number of hydrogen-bond acceptors (Lipinski definition) is 3. The fourth-order valence-corrected chi connectivity index (χ4v) is 2.08. The first-order chi connectivity index (χ1) is 9.99. The molecular weight excluding hydrogens is 264 g/mol. The standard InChI is InChI=1S/C17H20N2O2/c1-12(20)15-6-4-5-7-16(15)18-17(21)13-8-10-14(11-9-13)19(2)3/h4-12,20H,1-3H3,(H,18,21). The molecule has 21 heavy (non-hydrogen) atoms. The number of rotatable bonds is 4. The van der Waals surface area contributed by atoms with Gasteiger partial charge in [-0.2, -0.15) is 0 Å². The summed E-state index contributed by atoms with van der Waals surface area (Å²) in [7, 11) is 3.90. The van der Waals surface area contributed by atoms with Gasteiger partial charge in [0, 0.05) is 36.6 Å². The van der Waals surface area contributed by atoms with Gasteiger partial charge in [-0.3, -0.25) is 4.79 Å². The molecule has 0 aliphatic carbocycles. The molecule has 4 nitrogen and oxygen atoms in total. The first kappa shape index (κ1) is 15.1. The zero-order valence-corrected chi connectivity index (χ0v) is 12.5. The van der Waals surface area contributed by atoms with E-state index in [2.05, 4.69) is 5.32 Å². The average molecular weight is 284 g/mol. The first-order valence-corrected chi connectivity index (χ1v) is 6.85. The molecule has 0 saturated heterocycles. The van der Waals surface area contributed by atoms with E-state index in [1.54, 1.807) is 31.2 Å². The lowest BCUT2D eigenvalue weighted by molar-refractivity contribution is 0.102. The van der Waals surface area contributed by atoms with Crippen molar-refractivity contribution < 1.29 is 9.90 Å². The number of anilines is 2. The van der Waals surface area contributed by atoms with Crippen molar-refractivity contribution in [3.8, 4) is 0 Å². The van der Waals surface area contributed by atoms with Gasteiger partial charge in [0.05, 0.1) is 6.10 Å². The summed E-state index contributed by atoms with van der Waals surface area (Å²) in [4.78, 5) is 14.2. The molecule has 0 aliphatic heterocycles. The minimum atomic E-state index is -0.627. The fourth-order valence-electron chi connectivity index (χ4n) is 2.08. The normalized spacial score (nSPS) is 11.8. The Bertz CT molecular complexity index is 619. The number of aliphatic hydroxyl groups is 1. The molecule has 0 heterocycles. The van der Waals surface area contributed by atoms with Crippen LogP contribution < -0.4 is 10.2 Å². The van der Waals surface area contributed by atoms with Crippen molar-refractivity contribution in [1.82, 2.24) is 0 Å². The van der Waals surface area contributed by atoms with Gasteiger partial charge in [0.1, 0.15) is 0 Å². The Kier molecular flexibility index (Phi) is 4.60. The van der Waals surface area contributed by atoms with Crippen LogP contribution >= 0.6 is 0 Å². The number of aliphatic hydroxyl groups excluding tert-OH is 1. The minimum absolute atomic E-state index is 0.187. The maximum absolute atomic E-state index is 12.3. The Morgan fingerprint density at radius 3 is 2.29 bits per heavy atom. The van der Waals surface area contributed by atoms with Gasteiger partial charge in [0.25, 0.3) is 5.91 Å². The summed E-state index contributed by atoms with van der Waals surface area (Å²) in [6.07, 6.45) is -0.627. The van der Waals surface area contributed by atoms with Crippen LogP contribution in [-0.4, -0.2) is 25.1 Å². The van der Waals surface area contributed by atoms with Gasteiger partial charge in [-0.25, -0.2) is 0 Å². The van der Waals surface area contributed by atoms with Crippen molar-refractivity contribution in [2.45, 2.75) is 13.0 Å². The van der Waals surface area contributed by atoms with Crippen LogP contribution in [0.5, 0.6) is 0 Å².